The average Bonchev–Trinajstić information content (AvgIpc) is 2.65. The summed E-state index contributed by atoms with van der Waals surface area (Å²) in [5.41, 5.74) is 2.30. The fourth-order valence-electron chi connectivity index (χ4n) is 2.88. The molecule has 1 N–H and O–H groups in total. The Kier molecular flexibility index (Phi) is 7.43. The number of nitrogens with zero attached hydrogens (tertiary/aromatic N) is 4. The fraction of sp³-hybridized carbons (Fsp3) is 0.571. The number of rotatable bonds is 9. The number of hydrogen-bond donors (Lipinski definition) is 1. The first-order valence-corrected chi connectivity index (χ1v) is 9.84. The van der Waals surface area contributed by atoms with Crippen LogP contribution in [0.5, 0.6) is 11.6 Å². The first-order chi connectivity index (χ1) is 13.3. The molecular formula is C21H33N5O2. The summed E-state index contributed by atoms with van der Waals surface area (Å²) in [5.74, 6) is 2.69. The van der Waals surface area contributed by atoms with Gasteiger partial charge in [-0.2, -0.15) is 0 Å². The van der Waals surface area contributed by atoms with Gasteiger partial charge >= 0.3 is 0 Å². The number of aromatic nitrogens is 3. The highest BCUT2D eigenvalue weighted by Gasteiger charge is 2.20. The minimum Gasteiger partial charge on any atom is -0.490 e. The predicted molar refractivity (Wildman–Crippen MR) is 115 cm³/mol. The summed E-state index contributed by atoms with van der Waals surface area (Å²) in [6.45, 7) is 10.2. The van der Waals surface area contributed by atoms with Crippen LogP contribution in [0.15, 0.2) is 12.3 Å². The summed E-state index contributed by atoms with van der Waals surface area (Å²) >= 11 is 0. The van der Waals surface area contributed by atoms with Crippen LogP contribution in [0.4, 0.5) is 11.6 Å². The van der Waals surface area contributed by atoms with Gasteiger partial charge in [0, 0.05) is 32.4 Å². The van der Waals surface area contributed by atoms with Gasteiger partial charge in [-0.25, -0.2) is 15.0 Å². The van der Waals surface area contributed by atoms with Gasteiger partial charge in [-0.3, -0.25) is 0 Å². The molecule has 0 bridgehead atoms. The second kappa shape index (κ2) is 9.57. The molecule has 0 unspecified atom stereocenters. The molecule has 0 aliphatic heterocycles. The molecule has 0 radical (unpaired) electrons. The summed E-state index contributed by atoms with van der Waals surface area (Å²) in [6.07, 6.45) is 3.83. The zero-order valence-electron chi connectivity index (χ0n) is 18.3. The van der Waals surface area contributed by atoms with E-state index < -0.39 is 0 Å². The maximum atomic E-state index is 6.06. The molecule has 0 aliphatic carbocycles. The Bertz CT molecular complexity index is 789. The van der Waals surface area contributed by atoms with Crippen LogP contribution in [-0.4, -0.2) is 48.3 Å². The first-order valence-electron chi connectivity index (χ1n) is 9.84. The molecule has 0 atom stereocenters. The van der Waals surface area contributed by atoms with Gasteiger partial charge in [-0.05, 0) is 33.6 Å². The number of methoxy groups -OCH3 is 1. The van der Waals surface area contributed by atoms with E-state index in [-0.39, 0.29) is 6.10 Å². The van der Waals surface area contributed by atoms with Crippen molar-refractivity contribution in [3.63, 3.8) is 0 Å². The van der Waals surface area contributed by atoms with Gasteiger partial charge in [0.05, 0.1) is 24.5 Å². The molecule has 0 spiro atoms. The van der Waals surface area contributed by atoms with Crippen molar-refractivity contribution < 1.29 is 9.47 Å². The van der Waals surface area contributed by atoms with E-state index in [0.717, 1.165) is 35.7 Å². The normalized spacial score (nSPS) is 11.1. The van der Waals surface area contributed by atoms with E-state index in [9.17, 15) is 0 Å². The van der Waals surface area contributed by atoms with Crippen LogP contribution in [0.1, 0.15) is 46.2 Å². The topological polar surface area (TPSA) is 72.4 Å². The van der Waals surface area contributed by atoms with Crippen molar-refractivity contribution in [3.8, 4) is 22.9 Å². The van der Waals surface area contributed by atoms with E-state index in [1.807, 2.05) is 45.8 Å². The molecule has 0 aliphatic rings. The molecule has 7 nitrogen and oxygen atoms in total. The van der Waals surface area contributed by atoms with Gasteiger partial charge in [0.2, 0.25) is 0 Å². The van der Waals surface area contributed by atoms with E-state index in [4.69, 9.17) is 19.4 Å². The van der Waals surface area contributed by atoms with Gasteiger partial charge in [0.1, 0.15) is 17.3 Å². The zero-order chi connectivity index (χ0) is 20.8. The number of anilines is 2. The van der Waals surface area contributed by atoms with Crippen molar-refractivity contribution in [3.05, 3.63) is 18.0 Å². The highest BCUT2D eigenvalue weighted by molar-refractivity contribution is 5.72. The third-order valence-corrected chi connectivity index (χ3v) is 4.49. The van der Waals surface area contributed by atoms with E-state index in [2.05, 4.69) is 24.1 Å². The van der Waals surface area contributed by atoms with Crippen LogP contribution < -0.4 is 19.7 Å². The predicted octanol–water partition coefficient (Wildman–Crippen LogP) is 4.31. The number of aryl methyl sites for hydroxylation is 1. The lowest BCUT2D eigenvalue weighted by atomic mass is 10.1. The fourth-order valence-corrected chi connectivity index (χ4v) is 2.88. The third-order valence-electron chi connectivity index (χ3n) is 4.49. The lowest BCUT2D eigenvalue weighted by Crippen LogP contribution is -2.19. The van der Waals surface area contributed by atoms with E-state index in [1.54, 1.807) is 13.3 Å². The van der Waals surface area contributed by atoms with Crippen LogP contribution in [0.3, 0.4) is 0 Å². The molecule has 7 heteroatoms. The molecule has 2 aromatic rings. The Hall–Kier alpha value is -2.57. The van der Waals surface area contributed by atoms with E-state index >= 15 is 0 Å². The van der Waals surface area contributed by atoms with Gasteiger partial charge < -0.3 is 19.7 Å². The summed E-state index contributed by atoms with van der Waals surface area (Å²) in [4.78, 5) is 16.0. The Morgan fingerprint density at radius 3 is 2.36 bits per heavy atom. The Morgan fingerprint density at radius 1 is 1.14 bits per heavy atom. The molecule has 0 amide bonds. The third kappa shape index (κ3) is 5.03. The molecule has 2 aromatic heterocycles. The van der Waals surface area contributed by atoms with Crippen molar-refractivity contribution in [2.24, 2.45) is 0 Å². The minimum atomic E-state index is 0.0297. The number of hydrogen-bond acceptors (Lipinski definition) is 7. The highest BCUT2D eigenvalue weighted by Crippen LogP contribution is 2.35. The highest BCUT2D eigenvalue weighted by atomic mass is 16.5. The zero-order valence-corrected chi connectivity index (χ0v) is 18.3. The molecular weight excluding hydrogens is 354 g/mol. The molecule has 28 heavy (non-hydrogen) atoms. The molecule has 0 fully saturated rings. The summed E-state index contributed by atoms with van der Waals surface area (Å²) < 4.78 is 11.6. The monoisotopic (exact) mass is 387 g/mol. The van der Waals surface area contributed by atoms with Crippen molar-refractivity contribution in [1.82, 2.24) is 15.0 Å². The van der Waals surface area contributed by atoms with Crippen LogP contribution in [0, 0.1) is 6.92 Å². The Labute approximate surface area is 168 Å². The van der Waals surface area contributed by atoms with E-state index in [1.165, 1.54) is 0 Å². The Balaban J connectivity index is 2.55. The molecule has 2 heterocycles. The SMILES string of the molecule is CCC(CC)Nc1nc(C)c(-c2cnc(N(C)C)cc2OC(C)C)nc1OC. The number of ether oxygens (including phenoxy) is 2. The van der Waals surface area contributed by atoms with Gasteiger partial charge in [0.25, 0.3) is 5.88 Å². The second-order valence-electron chi connectivity index (χ2n) is 7.27. The average molecular weight is 388 g/mol. The Morgan fingerprint density at radius 2 is 1.82 bits per heavy atom. The largest absolute Gasteiger partial charge is 0.490 e. The van der Waals surface area contributed by atoms with Crippen molar-refractivity contribution in [2.75, 3.05) is 31.4 Å². The minimum absolute atomic E-state index is 0.0297. The maximum Gasteiger partial charge on any atom is 0.257 e. The number of nitrogens with one attached hydrogen (secondary N) is 1. The molecule has 2 rings (SSSR count). The summed E-state index contributed by atoms with van der Waals surface area (Å²) in [6, 6.07) is 2.26. The molecule has 0 aromatic carbocycles. The van der Waals surface area contributed by atoms with Gasteiger partial charge in [-0.1, -0.05) is 13.8 Å². The van der Waals surface area contributed by atoms with Crippen molar-refractivity contribution in [2.45, 2.75) is 59.6 Å². The maximum absolute atomic E-state index is 6.06. The van der Waals surface area contributed by atoms with Crippen LogP contribution in [0.25, 0.3) is 11.3 Å². The van der Waals surface area contributed by atoms with Crippen molar-refractivity contribution in [1.29, 1.82) is 0 Å². The molecule has 0 saturated carbocycles. The second-order valence-corrected chi connectivity index (χ2v) is 7.27. The lowest BCUT2D eigenvalue weighted by Gasteiger charge is -2.20. The van der Waals surface area contributed by atoms with E-state index in [0.29, 0.717) is 23.4 Å². The number of pyridine rings is 1. The van der Waals surface area contributed by atoms with Crippen molar-refractivity contribution >= 4 is 11.6 Å². The van der Waals surface area contributed by atoms with Gasteiger partial charge in [-0.15, -0.1) is 0 Å². The quantitative estimate of drug-likeness (QED) is 0.687. The van der Waals surface area contributed by atoms with Crippen LogP contribution in [0.2, 0.25) is 0 Å². The van der Waals surface area contributed by atoms with Crippen LogP contribution >= 0.6 is 0 Å². The summed E-state index contributed by atoms with van der Waals surface area (Å²) in [7, 11) is 5.52. The molecule has 0 saturated heterocycles. The first kappa shape index (κ1) is 21.7. The smallest absolute Gasteiger partial charge is 0.257 e. The van der Waals surface area contributed by atoms with Gasteiger partial charge in [0.15, 0.2) is 5.82 Å². The summed E-state index contributed by atoms with van der Waals surface area (Å²) in [5, 5.41) is 3.44. The lowest BCUT2D eigenvalue weighted by molar-refractivity contribution is 0.243. The van der Waals surface area contributed by atoms with Crippen LogP contribution in [-0.2, 0) is 0 Å². The standard InChI is InChI=1S/C21H33N5O2/c1-9-15(10-2)24-20-21(27-8)25-19(14(5)23-20)16-12-22-18(26(6)7)11-17(16)28-13(3)4/h11-13,15H,9-10H2,1-8H3,(H,23,24). The molecule has 154 valence electrons.